The van der Waals surface area contributed by atoms with Gasteiger partial charge in [-0.3, -0.25) is 4.79 Å². The Morgan fingerprint density at radius 2 is 1.78 bits per heavy atom. The molecule has 0 radical (unpaired) electrons. The van der Waals surface area contributed by atoms with Crippen LogP contribution in [-0.2, 0) is 11.2 Å². The van der Waals surface area contributed by atoms with E-state index >= 15 is 0 Å². The fourth-order valence-corrected chi connectivity index (χ4v) is 2.38. The highest BCUT2D eigenvalue weighted by atomic mass is 16.6. The third-order valence-corrected chi connectivity index (χ3v) is 3.58. The molecule has 0 aliphatic carbocycles. The highest BCUT2D eigenvalue weighted by molar-refractivity contribution is 5.73. The fraction of sp³-hybridized carbons (Fsp3) is 0.316. The molecule has 0 saturated carbocycles. The zero-order valence-electron chi connectivity index (χ0n) is 13.3. The first-order valence-corrected chi connectivity index (χ1v) is 7.81. The summed E-state index contributed by atoms with van der Waals surface area (Å²) in [6, 6.07) is 15.0. The van der Waals surface area contributed by atoms with Gasteiger partial charge in [0.1, 0.15) is 0 Å². The maximum absolute atomic E-state index is 11.9. The van der Waals surface area contributed by atoms with E-state index in [2.05, 4.69) is 12.1 Å². The van der Waals surface area contributed by atoms with Crippen LogP contribution in [0.2, 0.25) is 0 Å². The molecule has 2 aromatic carbocycles. The van der Waals surface area contributed by atoms with Gasteiger partial charge in [0, 0.05) is 6.42 Å². The number of hydrogen-bond donors (Lipinski definition) is 1. The molecule has 0 bridgehead atoms. The van der Waals surface area contributed by atoms with E-state index in [0.717, 1.165) is 25.7 Å². The third-order valence-electron chi connectivity index (χ3n) is 3.58. The Hall–Kier alpha value is -2.49. The second kappa shape index (κ2) is 8.83. The van der Waals surface area contributed by atoms with Gasteiger partial charge in [0.25, 0.3) is 0 Å². The lowest BCUT2D eigenvalue weighted by molar-refractivity contribution is -0.134. The average Bonchev–Trinajstić information content (AvgIpc) is 2.56. The summed E-state index contributed by atoms with van der Waals surface area (Å²) in [5, 5.41) is 9.64. The van der Waals surface area contributed by atoms with Crippen LogP contribution in [0, 0.1) is 0 Å². The summed E-state index contributed by atoms with van der Waals surface area (Å²) in [5.74, 6) is 0.0842. The molecular weight excluding hydrogens is 292 g/mol. The van der Waals surface area contributed by atoms with Crippen LogP contribution in [0.15, 0.2) is 48.5 Å². The quantitative estimate of drug-likeness (QED) is 0.452. The van der Waals surface area contributed by atoms with Gasteiger partial charge < -0.3 is 14.6 Å². The summed E-state index contributed by atoms with van der Waals surface area (Å²) < 4.78 is 10.3. The Bertz CT molecular complexity index is 623. The number of phenolic OH excluding ortho intramolecular Hbond substituents is 1. The summed E-state index contributed by atoms with van der Waals surface area (Å²) in [5.41, 5.74) is 1.32. The minimum atomic E-state index is -0.311. The molecule has 1 N–H and O–H groups in total. The molecule has 0 aromatic heterocycles. The van der Waals surface area contributed by atoms with Crippen LogP contribution in [0.5, 0.6) is 17.2 Å². The molecule has 0 spiro atoms. The zero-order chi connectivity index (χ0) is 16.5. The first-order valence-electron chi connectivity index (χ1n) is 7.81. The standard InChI is InChI=1S/C19H22O4/c1-22-19-16(20)12-8-13-17(19)23-18(21)14-7-3-6-11-15-9-4-2-5-10-15/h2,4-5,8-10,12-13,20H,3,6-7,11,14H2,1H3. The predicted molar refractivity (Wildman–Crippen MR) is 88.9 cm³/mol. The lowest BCUT2D eigenvalue weighted by Crippen LogP contribution is -2.08. The third kappa shape index (κ3) is 5.33. The number of ether oxygens (including phenoxy) is 2. The molecular formula is C19H22O4. The summed E-state index contributed by atoms with van der Waals surface area (Å²) in [7, 11) is 1.43. The van der Waals surface area contributed by atoms with Crippen molar-refractivity contribution in [2.45, 2.75) is 32.1 Å². The van der Waals surface area contributed by atoms with Crippen LogP contribution in [0.1, 0.15) is 31.2 Å². The Morgan fingerprint density at radius 3 is 2.52 bits per heavy atom. The molecule has 4 heteroatoms. The molecule has 0 amide bonds. The number of methoxy groups -OCH3 is 1. The average molecular weight is 314 g/mol. The second-order valence-corrected chi connectivity index (χ2v) is 5.33. The molecule has 0 heterocycles. The maximum atomic E-state index is 11.9. The van der Waals surface area contributed by atoms with Crippen molar-refractivity contribution in [1.82, 2.24) is 0 Å². The smallest absolute Gasteiger partial charge is 0.311 e. The number of para-hydroxylation sites is 1. The number of carbonyl (C=O) groups excluding carboxylic acids is 1. The van der Waals surface area contributed by atoms with Crippen LogP contribution >= 0.6 is 0 Å². The van der Waals surface area contributed by atoms with Crippen molar-refractivity contribution in [3.8, 4) is 17.2 Å². The van der Waals surface area contributed by atoms with Gasteiger partial charge in [0.15, 0.2) is 11.5 Å². The highest BCUT2D eigenvalue weighted by Gasteiger charge is 2.13. The molecule has 122 valence electrons. The van der Waals surface area contributed by atoms with Gasteiger partial charge in [-0.25, -0.2) is 0 Å². The number of carbonyl (C=O) groups is 1. The number of aryl methyl sites for hydroxylation is 1. The van der Waals surface area contributed by atoms with Gasteiger partial charge in [-0.1, -0.05) is 42.8 Å². The van der Waals surface area contributed by atoms with Crippen LogP contribution in [0.25, 0.3) is 0 Å². The number of aromatic hydroxyl groups is 1. The van der Waals surface area contributed by atoms with E-state index in [1.807, 2.05) is 18.2 Å². The fourth-order valence-electron chi connectivity index (χ4n) is 2.38. The van der Waals surface area contributed by atoms with Crippen LogP contribution in [0.4, 0.5) is 0 Å². The molecule has 2 aromatic rings. The van der Waals surface area contributed by atoms with E-state index < -0.39 is 0 Å². The first kappa shape index (κ1) is 16.9. The highest BCUT2D eigenvalue weighted by Crippen LogP contribution is 2.35. The van der Waals surface area contributed by atoms with Gasteiger partial charge in [-0.05, 0) is 37.0 Å². The van der Waals surface area contributed by atoms with Gasteiger partial charge in [0.05, 0.1) is 7.11 Å². The van der Waals surface area contributed by atoms with Crippen LogP contribution in [-0.4, -0.2) is 18.2 Å². The van der Waals surface area contributed by atoms with E-state index in [4.69, 9.17) is 9.47 Å². The Kier molecular flexibility index (Phi) is 6.48. The van der Waals surface area contributed by atoms with E-state index in [1.54, 1.807) is 12.1 Å². The van der Waals surface area contributed by atoms with E-state index in [0.29, 0.717) is 6.42 Å². The van der Waals surface area contributed by atoms with Gasteiger partial charge >= 0.3 is 5.97 Å². The molecule has 0 aliphatic rings. The largest absolute Gasteiger partial charge is 0.504 e. The summed E-state index contributed by atoms with van der Waals surface area (Å²) in [6.07, 6.45) is 4.19. The van der Waals surface area contributed by atoms with E-state index in [-0.39, 0.29) is 23.2 Å². The Balaban J connectivity index is 1.70. The lowest BCUT2D eigenvalue weighted by Gasteiger charge is -2.10. The SMILES string of the molecule is COc1c(O)cccc1OC(=O)CCCCCc1ccccc1. The summed E-state index contributed by atoms with van der Waals surface area (Å²) in [4.78, 5) is 11.9. The van der Waals surface area contributed by atoms with Gasteiger partial charge in [-0.15, -0.1) is 0 Å². The maximum Gasteiger partial charge on any atom is 0.311 e. The number of phenols is 1. The van der Waals surface area contributed by atoms with Crippen molar-refractivity contribution in [2.75, 3.05) is 7.11 Å². The van der Waals surface area contributed by atoms with Gasteiger partial charge in [-0.2, -0.15) is 0 Å². The number of hydrogen-bond acceptors (Lipinski definition) is 4. The molecule has 0 aliphatic heterocycles. The Labute approximate surface area is 136 Å². The molecule has 0 saturated heterocycles. The molecule has 0 unspecified atom stereocenters. The molecule has 0 fully saturated rings. The Morgan fingerprint density at radius 1 is 1.00 bits per heavy atom. The predicted octanol–water partition coefficient (Wildman–Crippen LogP) is 4.11. The minimum absolute atomic E-state index is 0.0411. The minimum Gasteiger partial charge on any atom is -0.504 e. The number of rotatable bonds is 8. The molecule has 23 heavy (non-hydrogen) atoms. The van der Waals surface area contributed by atoms with Gasteiger partial charge in [0.2, 0.25) is 5.75 Å². The number of benzene rings is 2. The zero-order valence-corrected chi connectivity index (χ0v) is 13.3. The molecule has 2 rings (SSSR count). The lowest BCUT2D eigenvalue weighted by atomic mass is 10.1. The number of esters is 1. The molecule has 0 atom stereocenters. The molecule has 4 nitrogen and oxygen atoms in total. The first-order chi connectivity index (χ1) is 11.2. The second-order valence-electron chi connectivity index (χ2n) is 5.33. The number of unbranched alkanes of at least 4 members (excludes halogenated alkanes) is 2. The van der Waals surface area contributed by atoms with Crippen molar-refractivity contribution in [2.24, 2.45) is 0 Å². The monoisotopic (exact) mass is 314 g/mol. The van der Waals surface area contributed by atoms with Crippen molar-refractivity contribution in [1.29, 1.82) is 0 Å². The summed E-state index contributed by atoms with van der Waals surface area (Å²) >= 11 is 0. The summed E-state index contributed by atoms with van der Waals surface area (Å²) in [6.45, 7) is 0. The van der Waals surface area contributed by atoms with E-state index in [9.17, 15) is 9.90 Å². The van der Waals surface area contributed by atoms with E-state index in [1.165, 1.54) is 18.7 Å². The van der Waals surface area contributed by atoms with Crippen LogP contribution < -0.4 is 9.47 Å². The normalized spacial score (nSPS) is 10.3. The van der Waals surface area contributed by atoms with Crippen molar-refractivity contribution in [3.05, 3.63) is 54.1 Å². The van der Waals surface area contributed by atoms with Crippen molar-refractivity contribution < 1.29 is 19.4 Å². The van der Waals surface area contributed by atoms with Crippen LogP contribution in [0.3, 0.4) is 0 Å². The van der Waals surface area contributed by atoms with Crippen molar-refractivity contribution in [3.63, 3.8) is 0 Å². The van der Waals surface area contributed by atoms with Crippen molar-refractivity contribution >= 4 is 5.97 Å². The topological polar surface area (TPSA) is 55.8 Å².